The summed E-state index contributed by atoms with van der Waals surface area (Å²) in [6.07, 6.45) is 0. The van der Waals surface area contributed by atoms with Gasteiger partial charge in [0.05, 0.1) is 11.4 Å². The fraction of sp³-hybridized carbons (Fsp3) is 0.0588. The molecular formula is C51H34N2O. The molecule has 0 fully saturated rings. The zero-order valence-electron chi connectivity index (χ0n) is 30.0. The molecule has 0 atom stereocenters. The molecule has 3 heteroatoms. The van der Waals surface area contributed by atoms with Gasteiger partial charge in [0.2, 0.25) is 0 Å². The van der Waals surface area contributed by atoms with Gasteiger partial charge < -0.3 is 4.42 Å². The highest BCUT2D eigenvalue weighted by atomic mass is 16.3. The fourth-order valence-electron chi connectivity index (χ4n) is 8.61. The van der Waals surface area contributed by atoms with Crippen LogP contribution in [0.1, 0.15) is 25.0 Å². The fourth-order valence-corrected chi connectivity index (χ4v) is 8.61. The van der Waals surface area contributed by atoms with Gasteiger partial charge in [-0.2, -0.15) is 0 Å². The largest absolute Gasteiger partial charge is 0.456 e. The highest BCUT2D eigenvalue weighted by Gasteiger charge is 2.37. The zero-order valence-corrected chi connectivity index (χ0v) is 30.0. The predicted molar refractivity (Wildman–Crippen MR) is 224 cm³/mol. The Bertz CT molecular complexity index is 3120. The topological polar surface area (TPSA) is 38.9 Å². The number of rotatable bonds is 4. The van der Waals surface area contributed by atoms with Gasteiger partial charge >= 0.3 is 0 Å². The lowest BCUT2D eigenvalue weighted by molar-refractivity contribution is 0.661. The van der Waals surface area contributed by atoms with Gasteiger partial charge in [0.25, 0.3) is 0 Å². The normalized spacial score (nSPS) is 13.1. The van der Waals surface area contributed by atoms with Crippen LogP contribution in [0.25, 0.3) is 99.6 Å². The van der Waals surface area contributed by atoms with Crippen LogP contribution in [-0.4, -0.2) is 9.97 Å². The first-order chi connectivity index (χ1) is 26.5. The lowest BCUT2D eigenvalue weighted by Crippen LogP contribution is -2.14. The van der Waals surface area contributed by atoms with Crippen LogP contribution in [0.15, 0.2) is 174 Å². The minimum absolute atomic E-state index is 0.141. The number of hydrogen-bond donors (Lipinski definition) is 0. The van der Waals surface area contributed by atoms with Crippen molar-refractivity contribution >= 4 is 43.5 Å². The number of aromatic nitrogens is 2. The quantitative estimate of drug-likeness (QED) is 0.184. The van der Waals surface area contributed by atoms with Gasteiger partial charge in [-0.25, -0.2) is 9.97 Å². The Balaban J connectivity index is 1.04. The summed E-state index contributed by atoms with van der Waals surface area (Å²) >= 11 is 0. The van der Waals surface area contributed by atoms with E-state index in [1.54, 1.807) is 0 Å². The Morgan fingerprint density at radius 2 is 1.04 bits per heavy atom. The monoisotopic (exact) mass is 690 g/mol. The van der Waals surface area contributed by atoms with E-state index in [0.29, 0.717) is 5.82 Å². The molecule has 0 saturated carbocycles. The van der Waals surface area contributed by atoms with Crippen molar-refractivity contribution in [3.63, 3.8) is 0 Å². The average Bonchev–Trinajstić information content (AvgIpc) is 3.69. The summed E-state index contributed by atoms with van der Waals surface area (Å²) < 4.78 is 6.29. The Hall–Kier alpha value is -6.84. The second-order valence-corrected chi connectivity index (χ2v) is 15.0. The van der Waals surface area contributed by atoms with Crippen molar-refractivity contribution in [3.05, 3.63) is 181 Å². The van der Waals surface area contributed by atoms with Crippen molar-refractivity contribution in [2.24, 2.45) is 0 Å². The molecular weight excluding hydrogens is 657 g/mol. The average molecular weight is 691 g/mol. The van der Waals surface area contributed by atoms with Gasteiger partial charge in [-0.15, -0.1) is 0 Å². The molecule has 2 heterocycles. The summed E-state index contributed by atoms with van der Waals surface area (Å²) in [6, 6.07) is 60.6. The van der Waals surface area contributed by atoms with E-state index in [0.717, 1.165) is 61.1 Å². The molecule has 0 spiro atoms. The molecule has 0 bridgehead atoms. The Morgan fingerprint density at radius 3 is 1.81 bits per heavy atom. The molecule has 0 aliphatic heterocycles. The van der Waals surface area contributed by atoms with E-state index in [2.05, 4.69) is 166 Å². The third-order valence-corrected chi connectivity index (χ3v) is 11.5. The van der Waals surface area contributed by atoms with Crippen LogP contribution in [0.4, 0.5) is 0 Å². The van der Waals surface area contributed by atoms with Gasteiger partial charge in [-0.3, -0.25) is 0 Å². The second kappa shape index (κ2) is 11.6. The van der Waals surface area contributed by atoms with Crippen molar-refractivity contribution in [2.75, 3.05) is 0 Å². The molecule has 0 unspecified atom stereocenters. The molecule has 254 valence electrons. The summed E-state index contributed by atoms with van der Waals surface area (Å²) in [5.74, 6) is 0.714. The maximum absolute atomic E-state index is 6.29. The van der Waals surface area contributed by atoms with Crippen molar-refractivity contribution < 1.29 is 4.42 Å². The van der Waals surface area contributed by atoms with Crippen molar-refractivity contribution in [1.82, 2.24) is 9.97 Å². The highest BCUT2D eigenvalue weighted by Crippen LogP contribution is 2.53. The van der Waals surface area contributed by atoms with Crippen molar-refractivity contribution in [3.8, 4) is 56.2 Å². The smallest absolute Gasteiger partial charge is 0.160 e. The molecule has 3 nitrogen and oxygen atoms in total. The third kappa shape index (κ3) is 4.75. The van der Waals surface area contributed by atoms with Crippen molar-refractivity contribution in [2.45, 2.75) is 19.3 Å². The molecule has 0 radical (unpaired) electrons. The minimum atomic E-state index is -0.141. The van der Waals surface area contributed by atoms with E-state index < -0.39 is 0 Å². The SMILES string of the molecule is CC1(C)c2cc3ccccc3cc2-c2c(-c3cc(-c4ccc(-c5ccc6oc7cc8ccccc8cc7c6c5)cc4)nc(-c4ccccc4)n3)cccc21. The van der Waals surface area contributed by atoms with Crippen molar-refractivity contribution in [1.29, 1.82) is 0 Å². The van der Waals surface area contributed by atoms with Crippen LogP contribution in [0, 0.1) is 0 Å². The first kappa shape index (κ1) is 30.8. The van der Waals surface area contributed by atoms with E-state index in [1.807, 2.05) is 18.2 Å². The summed E-state index contributed by atoms with van der Waals surface area (Å²) in [5, 5.41) is 7.17. The lowest BCUT2D eigenvalue weighted by Gasteiger charge is -2.22. The van der Waals surface area contributed by atoms with E-state index in [4.69, 9.17) is 14.4 Å². The van der Waals surface area contributed by atoms with E-state index in [-0.39, 0.29) is 5.41 Å². The predicted octanol–water partition coefficient (Wildman–Crippen LogP) is 13.7. The standard InChI is InChI=1S/C51H34N2O/c1-51(2)43-18-10-17-39(49(43)42-27-35-14-6-8-15-36(35)28-44(42)51)46-30-45(52-50(53-46)33-11-4-3-5-12-33)32-21-19-31(20-22-32)38-23-24-47-40(26-38)41-25-34-13-7-9-16-37(34)29-48(41)54-47/h3-30H,1-2H3. The summed E-state index contributed by atoms with van der Waals surface area (Å²) in [4.78, 5) is 10.5. The summed E-state index contributed by atoms with van der Waals surface area (Å²) in [7, 11) is 0. The van der Waals surface area contributed by atoms with Crippen LogP contribution in [0.5, 0.6) is 0 Å². The van der Waals surface area contributed by atoms with E-state index in [9.17, 15) is 0 Å². The number of hydrogen-bond acceptors (Lipinski definition) is 3. The molecule has 2 aromatic heterocycles. The number of benzene rings is 8. The lowest BCUT2D eigenvalue weighted by atomic mass is 9.81. The summed E-state index contributed by atoms with van der Waals surface area (Å²) in [5.41, 5.74) is 14.1. The van der Waals surface area contributed by atoms with Crippen LogP contribution >= 0.6 is 0 Å². The maximum atomic E-state index is 6.29. The molecule has 54 heavy (non-hydrogen) atoms. The number of fused-ring (bicyclic) bond motifs is 8. The summed E-state index contributed by atoms with van der Waals surface area (Å²) in [6.45, 7) is 4.68. The molecule has 0 N–H and O–H groups in total. The Morgan fingerprint density at radius 1 is 0.407 bits per heavy atom. The van der Waals surface area contributed by atoms with E-state index >= 15 is 0 Å². The molecule has 8 aromatic carbocycles. The third-order valence-electron chi connectivity index (χ3n) is 11.5. The molecule has 10 aromatic rings. The van der Waals surface area contributed by atoms with Crippen LogP contribution in [0.2, 0.25) is 0 Å². The van der Waals surface area contributed by atoms with Crippen LogP contribution in [-0.2, 0) is 5.41 Å². The number of furan rings is 1. The van der Waals surface area contributed by atoms with Gasteiger partial charge in [-0.05, 0) is 97.4 Å². The first-order valence-corrected chi connectivity index (χ1v) is 18.6. The maximum Gasteiger partial charge on any atom is 0.160 e. The zero-order chi connectivity index (χ0) is 36.0. The molecule has 1 aliphatic rings. The Kier molecular flexibility index (Phi) is 6.60. The van der Waals surface area contributed by atoms with Gasteiger partial charge in [0, 0.05) is 32.9 Å². The van der Waals surface area contributed by atoms with Crippen LogP contribution < -0.4 is 0 Å². The Labute approximate surface area is 313 Å². The molecule has 1 aliphatic carbocycles. The molecule has 0 saturated heterocycles. The minimum Gasteiger partial charge on any atom is -0.456 e. The van der Waals surface area contributed by atoms with Crippen LogP contribution in [0.3, 0.4) is 0 Å². The molecule has 11 rings (SSSR count). The number of nitrogens with zero attached hydrogens (tertiary/aromatic N) is 2. The highest BCUT2D eigenvalue weighted by molar-refractivity contribution is 6.11. The van der Waals surface area contributed by atoms with Gasteiger partial charge in [0.15, 0.2) is 5.82 Å². The molecule has 0 amide bonds. The van der Waals surface area contributed by atoms with Gasteiger partial charge in [-0.1, -0.05) is 141 Å². The van der Waals surface area contributed by atoms with E-state index in [1.165, 1.54) is 43.8 Å². The van der Waals surface area contributed by atoms with Gasteiger partial charge in [0.1, 0.15) is 11.2 Å². The first-order valence-electron chi connectivity index (χ1n) is 18.6. The second-order valence-electron chi connectivity index (χ2n) is 15.0.